The number of ether oxygens (including phenoxy) is 1. The fourth-order valence-corrected chi connectivity index (χ4v) is 3.03. The second-order valence-electron chi connectivity index (χ2n) is 6.98. The lowest BCUT2D eigenvalue weighted by molar-refractivity contribution is -0.121. The first-order valence-corrected chi connectivity index (χ1v) is 9.54. The summed E-state index contributed by atoms with van der Waals surface area (Å²) in [7, 11) is 0. The molecule has 144 valence electrons. The second-order valence-corrected chi connectivity index (χ2v) is 6.98. The Hall–Kier alpha value is -2.24. The summed E-state index contributed by atoms with van der Waals surface area (Å²) < 4.78 is 5.00. The van der Waals surface area contributed by atoms with E-state index in [0.717, 1.165) is 18.5 Å². The maximum Gasteiger partial charge on any atom is 0.409 e. The van der Waals surface area contributed by atoms with Gasteiger partial charge in [-0.25, -0.2) is 4.79 Å². The first-order chi connectivity index (χ1) is 12.5. The van der Waals surface area contributed by atoms with Crippen molar-refractivity contribution in [2.75, 3.05) is 31.6 Å². The number of rotatable bonds is 7. The number of hydrogen-bond donors (Lipinski definition) is 2. The van der Waals surface area contributed by atoms with E-state index in [0.29, 0.717) is 38.6 Å². The molecule has 1 aromatic carbocycles. The van der Waals surface area contributed by atoms with Gasteiger partial charge in [-0.15, -0.1) is 0 Å². The molecule has 1 heterocycles. The minimum Gasteiger partial charge on any atom is -0.450 e. The number of piperidine rings is 1. The van der Waals surface area contributed by atoms with E-state index in [-0.39, 0.29) is 18.0 Å². The number of amides is 2. The van der Waals surface area contributed by atoms with E-state index in [1.54, 1.807) is 11.8 Å². The molecule has 1 aromatic rings. The van der Waals surface area contributed by atoms with Crippen molar-refractivity contribution < 1.29 is 14.3 Å². The van der Waals surface area contributed by atoms with Crippen LogP contribution in [-0.2, 0) is 9.53 Å². The summed E-state index contributed by atoms with van der Waals surface area (Å²) >= 11 is 0. The van der Waals surface area contributed by atoms with E-state index in [1.807, 2.05) is 0 Å². The van der Waals surface area contributed by atoms with Crippen molar-refractivity contribution in [1.29, 1.82) is 0 Å². The van der Waals surface area contributed by atoms with Crippen LogP contribution in [0.25, 0.3) is 0 Å². The van der Waals surface area contributed by atoms with Gasteiger partial charge in [0, 0.05) is 37.8 Å². The van der Waals surface area contributed by atoms with Crippen LogP contribution in [0.15, 0.2) is 24.3 Å². The van der Waals surface area contributed by atoms with Crippen LogP contribution < -0.4 is 10.6 Å². The maximum absolute atomic E-state index is 12.1. The fourth-order valence-electron chi connectivity index (χ4n) is 3.03. The van der Waals surface area contributed by atoms with Gasteiger partial charge in [0.25, 0.3) is 0 Å². The number of nitrogens with zero attached hydrogens (tertiary/aromatic N) is 1. The summed E-state index contributed by atoms with van der Waals surface area (Å²) in [6, 6.07) is 8.48. The molecule has 0 bridgehead atoms. The molecule has 1 aliphatic heterocycles. The third-order valence-electron chi connectivity index (χ3n) is 4.64. The van der Waals surface area contributed by atoms with Gasteiger partial charge >= 0.3 is 6.09 Å². The van der Waals surface area contributed by atoms with Crippen molar-refractivity contribution in [1.82, 2.24) is 10.2 Å². The van der Waals surface area contributed by atoms with Crippen LogP contribution in [-0.4, -0.2) is 49.2 Å². The molecule has 6 nitrogen and oxygen atoms in total. The summed E-state index contributed by atoms with van der Waals surface area (Å²) in [5.41, 5.74) is 2.34. The highest BCUT2D eigenvalue weighted by Crippen LogP contribution is 2.17. The molecule has 1 aliphatic rings. The van der Waals surface area contributed by atoms with Crippen LogP contribution in [0.3, 0.4) is 0 Å². The molecule has 0 radical (unpaired) electrons. The van der Waals surface area contributed by atoms with Gasteiger partial charge in [0.05, 0.1) is 6.61 Å². The number of likely N-dealkylation sites (tertiary alicyclic amines) is 1. The maximum atomic E-state index is 12.1. The van der Waals surface area contributed by atoms with Crippen molar-refractivity contribution in [3.8, 4) is 0 Å². The fraction of sp³-hybridized carbons (Fsp3) is 0.600. The van der Waals surface area contributed by atoms with E-state index in [4.69, 9.17) is 4.74 Å². The van der Waals surface area contributed by atoms with E-state index < -0.39 is 0 Å². The average Bonchev–Trinajstić information content (AvgIpc) is 2.63. The van der Waals surface area contributed by atoms with Crippen molar-refractivity contribution >= 4 is 17.7 Å². The first kappa shape index (κ1) is 20.1. The Kier molecular flexibility index (Phi) is 7.75. The Bertz CT molecular complexity index is 578. The van der Waals surface area contributed by atoms with Crippen molar-refractivity contribution in [3.63, 3.8) is 0 Å². The zero-order chi connectivity index (χ0) is 18.9. The summed E-state index contributed by atoms with van der Waals surface area (Å²) in [6.45, 7) is 8.40. The van der Waals surface area contributed by atoms with Gasteiger partial charge in [0.2, 0.25) is 5.91 Å². The van der Waals surface area contributed by atoms with Crippen LogP contribution in [0.2, 0.25) is 0 Å². The Morgan fingerprint density at radius 3 is 2.42 bits per heavy atom. The quantitative estimate of drug-likeness (QED) is 0.781. The molecule has 26 heavy (non-hydrogen) atoms. The van der Waals surface area contributed by atoms with E-state index in [9.17, 15) is 9.59 Å². The highest BCUT2D eigenvalue weighted by molar-refractivity contribution is 5.77. The standard InChI is InChI=1S/C20H31N3O3/c1-4-26-20(25)23-13-10-18(11-14-23)22-19(24)9-12-21-17-7-5-16(6-8-17)15(2)3/h5-8,15,18,21H,4,9-14H2,1-3H3,(H,22,24). The van der Waals surface area contributed by atoms with Crippen LogP contribution in [0.1, 0.15) is 51.5 Å². The summed E-state index contributed by atoms with van der Waals surface area (Å²) in [4.78, 5) is 25.5. The first-order valence-electron chi connectivity index (χ1n) is 9.54. The summed E-state index contributed by atoms with van der Waals surface area (Å²) in [6.07, 6.45) is 1.72. The van der Waals surface area contributed by atoms with Gasteiger partial charge in [-0.05, 0) is 43.4 Å². The predicted molar refractivity (Wildman–Crippen MR) is 103 cm³/mol. The Balaban J connectivity index is 1.64. The Morgan fingerprint density at radius 1 is 1.19 bits per heavy atom. The molecule has 2 rings (SSSR count). The van der Waals surface area contributed by atoms with Crippen LogP contribution >= 0.6 is 0 Å². The molecule has 6 heteroatoms. The van der Waals surface area contributed by atoms with Crippen molar-refractivity contribution in [2.45, 2.75) is 52.0 Å². The number of nitrogens with one attached hydrogen (secondary N) is 2. The number of carbonyl (C=O) groups is 2. The molecule has 0 spiro atoms. The van der Waals surface area contributed by atoms with Gasteiger partial charge in [-0.3, -0.25) is 4.79 Å². The molecule has 0 aliphatic carbocycles. The van der Waals surface area contributed by atoms with Gasteiger partial charge in [-0.1, -0.05) is 26.0 Å². The number of benzene rings is 1. The smallest absolute Gasteiger partial charge is 0.409 e. The monoisotopic (exact) mass is 361 g/mol. The number of anilines is 1. The number of carbonyl (C=O) groups excluding carboxylic acids is 2. The van der Waals surface area contributed by atoms with Gasteiger partial charge < -0.3 is 20.3 Å². The molecule has 0 aromatic heterocycles. The Labute approximate surface area is 156 Å². The highest BCUT2D eigenvalue weighted by atomic mass is 16.6. The molecule has 1 fully saturated rings. The molecule has 2 amide bonds. The lowest BCUT2D eigenvalue weighted by Gasteiger charge is -2.31. The van der Waals surface area contributed by atoms with E-state index in [1.165, 1.54) is 5.56 Å². The third kappa shape index (κ3) is 6.24. The lowest BCUT2D eigenvalue weighted by atomic mass is 10.0. The average molecular weight is 361 g/mol. The van der Waals surface area contributed by atoms with E-state index >= 15 is 0 Å². The normalized spacial score (nSPS) is 15.0. The molecule has 0 unspecified atom stereocenters. The van der Waals surface area contributed by atoms with Gasteiger partial charge in [0.15, 0.2) is 0 Å². The van der Waals surface area contributed by atoms with Gasteiger partial charge in [0.1, 0.15) is 0 Å². The second kappa shape index (κ2) is 10.0. The minimum absolute atomic E-state index is 0.0471. The van der Waals surface area contributed by atoms with E-state index in [2.05, 4.69) is 48.7 Å². The Morgan fingerprint density at radius 2 is 1.85 bits per heavy atom. The lowest BCUT2D eigenvalue weighted by Crippen LogP contribution is -2.46. The highest BCUT2D eigenvalue weighted by Gasteiger charge is 2.24. The van der Waals surface area contributed by atoms with Crippen molar-refractivity contribution in [2.24, 2.45) is 0 Å². The zero-order valence-electron chi connectivity index (χ0n) is 16.1. The molecular formula is C20H31N3O3. The largest absolute Gasteiger partial charge is 0.450 e. The van der Waals surface area contributed by atoms with Gasteiger partial charge in [-0.2, -0.15) is 0 Å². The SMILES string of the molecule is CCOC(=O)N1CCC(NC(=O)CCNc2ccc(C(C)C)cc2)CC1. The zero-order valence-corrected chi connectivity index (χ0v) is 16.1. The molecular weight excluding hydrogens is 330 g/mol. The molecule has 2 N–H and O–H groups in total. The van der Waals surface area contributed by atoms with Crippen LogP contribution in [0.4, 0.5) is 10.5 Å². The third-order valence-corrected chi connectivity index (χ3v) is 4.64. The summed E-state index contributed by atoms with van der Waals surface area (Å²) in [5.74, 6) is 0.566. The molecule has 1 saturated heterocycles. The van der Waals surface area contributed by atoms with Crippen LogP contribution in [0, 0.1) is 0 Å². The topological polar surface area (TPSA) is 70.7 Å². The number of hydrogen-bond acceptors (Lipinski definition) is 4. The molecule has 0 saturated carbocycles. The summed E-state index contributed by atoms with van der Waals surface area (Å²) in [5, 5.41) is 6.35. The van der Waals surface area contributed by atoms with Crippen molar-refractivity contribution in [3.05, 3.63) is 29.8 Å². The minimum atomic E-state index is -0.259. The molecule has 0 atom stereocenters. The predicted octanol–water partition coefficient (Wildman–Crippen LogP) is 3.35. The van der Waals surface area contributed by atoms with Crippen LogP contribution in [0.5, 0.6) is 0 Å².